The van der Waals surface area contributed by atoms with E-state index < -0.39 is 0 Å². The normalized spacial score (nSPS) is 18.9. The van der Waals surface area contributed by atoms with Gasteiger partial charge >= 0.3 is 5.97 Å². The maximum atomic E-state index is 13.2. The average Bonchev–Trinajstić information content (AvgIpc) is 2.70. The predicted octanol–water partition coefficient (Wildman–Crippen LogP) is 2.09. The topological polar surface area (TPSA) is 76.5 Å². The van der Waals surface area contributed by atoms with Crippen LogP contribution in [-0.4, -0.2) is 53.2 Å². The van der Waals surface area contributed by atoms with Gasteiger partial charge in [-0.25, -0.2) is 4.98 Å². The summed E-state index contributed by atoms with van der Waals surface area (Å²) in [6.07, 6.45) is 1.71. The van der Waals surface area contributed by atoms with Crippen LogP contribution in [0.3, 0.4) is 0 Å². The minimum Gasteiger partial charge on any atom is -0.469 e. The number of aromatic nitrogens is 2. The molecule has 0 saturated carbocycles. The third-order valence-corrected chi connectivity index (χ3v) is 5.41. The van der Waals surface area contributed by atoms with E-state index >= 15 is 0 Å². The van der Waals surface area contributed by atoms with E-state index in [1.165, 1.54) is 7.11 Å². The molecular formula is C21H30N4O3. The summed E-state index contributed by atoms with van der Waals surface area (Å²) in [6.45, 7) is 7.54. The number of carbonyl (C=O) groups excluding carboxylic acids is 1. The summed E-state index contributed by atoms with van der Waals surface area (Å²) in [5.41, 5.74) is 0.695. The van der Waals surface area contributed by atoms with Gasteiger partial charge in [0, 0.05) is 38.6 Å². The monoisotopic (exact) mass is 386 g/mol. The van der Waals surface area contributed by atoms with Crippen LogP contribution in [0.5, 0.6) is 0 Å². The van der Waals surface area contributed by atoms with Gasteiger partial charge in [0.15, 0.2) is 0 Å². The lowest BCUT2D eigenvalue weighted by atomic mass is 10.1. The lowest BCUT2D eigenvalue weighted by Gasteiger charge is -2.37. The molecule has 2 atom stereocenters. The molecule has 0 bridgehead atoms. The molecular weight excluding hydrogens is 356 g/mol. The second-order valence-electron chi connectivity index (χ2n) is 7.40. The fraction of sp³-hybridized carbons (Fsp3) is 0.571. The van der Waals surface area contributed by atoms with Crippen molar-refractivity contribution in [1.29, 1.82) is 0 Å². The van der Waals surface area contributed by atoms with Crippen LogP contribution in [0.15, 0.2) is 29.1 Å². The van der Waals surface area contributed by atoms with Crippen molar-refractivity contribution in [3.05, 3.63) is 40.4 Å². The number of rotatable bonds is 7. The average molecular weight is 386 g/mol. The Morgan fingerprint density at radius 2 is 2.18 bits per heavy atom. The first-order valence-electron chi connectivity index (χ1n) is 10.1. The number of carbonyl (C=O) groups is 1. The molecule has 3 rings (SSSR count). The number of hydrogen-bond donors (Lipinski definition) is 1. The van der Waals surface area contributed by atoms with E-state index in [4.69, 9.17) is 9.72 Å². The molecule has 7 nitrogen and oxygen atoms in total. The molecule has 2 heterocycles. The van der Waals surface area contributed by atoms with E-state index in [1.54, 1.807) is 4.57 Å². The third-order valence-electron chi connectivity index (χ3n) is 5.41. The van der Waals surface area contributed by atoms with E-state index in [0.717, 1.165) is 37.4 Å². The molecule has 1 aliphatic heterocycles. The Bertz CT molecular complexity index is 880. The van der Waals surface area contributed by atoms with Gasteiger partial charge < -0.3 is 10.1 Å². The molecule has 2 unspecified atom stereocenters. The molecule has 1 saturated heterocycles. The number of fused-ring (bicyclic) bond motifs is 1. The van der Waals surface area contributed by atoms with E-state index in [-0.39, 0.29) is 24.0 Å². The summed E-state index contributed by atoms with van der Waals surface area (Å²) in [5, 5.41) is 4.09. The summed E-state index contributed by atoms with van der Waals surface area (Å²) in [5.74, 6) is 0.538. The molecule has 2 aromatic rings. The molecule has 1 aromatic heterocycles. The lowest BCUT2D eigenvalue weighted by Crippen LogP contribution is -2.51. The number of methoxy groups -OCH3 is 1. The fourth-order valence-corrected chi connectivity index (χ4v) is 3.99. The van der Waals surface area contributed by atoms with Crippen molar-refractivity contribution in [3.8, 4) is 0 Å². The highest BCUT2D eigenvalue weighted by molar-refractivity contribution is 5.77. The van der Waals surface area contributed by atoms with Crippen LogP contribution in [0.1, 0.15) is 45.0 Å². The quantitative estimate of drug-likeness (QED) is 0.735. The number of nitrogens with one attached hydrogen (secondary N) is 1. The summed E-state index contributed by atoms with van der Waals surface area (Å²) in [4.78, 5) is 32.1. The maximum absolute atomic E-state index is 13.2. The van der Waals surface area contributed by atoms with Gasteiger partial charge in [0.1, 0.15) is 5.82 Å². The Morgan fingerprint density at radius 3 is 2.89 bits per heavy atom. The van der Waals surface area contributed by atoms with Gasteiger partial charge in [-0.05, 0) is 31.9 Å². The first-order valence-corrected chi connectivity index (χ1v) is 10.1. The SMILES string of the molecule is CCC(c1nc2ccccc2c(=O)n1CCCC(=O)OC)N1CCNC(C)C1. The Balaban J connectivity index is 2.01. The molecule has 0 aliphatic carbocycles. The summed E-state index contributed by atoms with van der Waals surface area (Å²) in [7, 11) is 1.39. The number of piperazine rings is 1. The third kappa shape index (κ3) is 4.42. The highest BCUT2D eigenvalue weighted by atomic mass is 16.5. The Hall–Kier alpha value is -2.25. The molecule has 1 aliphatic rings. The Labute approximate surface area is 165 Å². The number of para-hydroxylation sites is 1. The summed E-state index contributed by atoms with van der Waals surface area (Å²) >= 11 is 0. The molecule has 1 fully saturated rings. The van der Waals surface area contributed by atoms with E-state index in [2.05, 4.69) is 24.1 Å². The molecule has 0 spiro atoms. The van der Waals surface area contributed by atoms with Crippen molar-refractivity contribution < 1.29 is 9.53 Å². The standard InChI is InChI=1S/C21H30N4O3/c1-4-18(24-13-11-22-15(2)14-24)20-23-17-9-6-5-8-16(17)21(27)25(20)12-7-10-19(26)28-3/h5-6,8-9,15,18,22H,4,7,10-14H2,1-3H3. The van der Waals surface area contributed by atoms with E-state index in [1.807, 2.05) is 24.3 Å². The van der Waals surface area contributed by atoms with E-state index in [9.17, 15) is 9.59 Å². The smallest absolute Gasteiger partial charge is 0.305 e. The van der Waals surface area contributed by atoms with Gasteiger partial charge in [-0.1, -0.05) is 19.1 Å². The van der Waals surface area contributed by atoms with Gasteiger partial charge in [-0.3, -0.25) is 19.1 Å². The van der Waals surface area contributed by atoms with Gasteiger partial charge in [-0.15, -0.1) is 0 Å². The zero-order chi connectivity index (χ0) is 20.1. The molecule has 0 radical (unpaired) electrons. The van der Waals surface area contributed by atoms with Crippen LogP contribution >= 0.6 is 0 Å². The van der Waals surface area contributed by atoms with Crippen molar-refractivity contribution in [1.82, 2.24) is 19.8 Å². The van der Waals surface area contributed by atoms with Crippen LogP contribution in [0.2, 0.25) is 0 Å². The predicted molar refractivity (Wildman–Crippen MR) is 109 cm³/mol. The van der Waals surface area contributed by atoms with Gasteiger partial charge in [0.05, 0.1) is 24.1 Å². The summed E-state index contributed by atoms with van der Waals surface area (Å²) < 4.78 is 6.51. The highest BCUT2D eigenvalue weighted by Gasteiger charge is 2.27. The largest absolute Gasteiger partial charge is 0.469 e. The Kier molecular flexibility index (Phi) is 6.80. The molecule has 1 N–H and O–H groups in total. The minimum atomic E-state index is -0.258. The maximum Gasteiger partial charge on any atom is 0.305 e. The number of benzene rings is 1. The van der Waals surface area contributed by atoms with Crippen LogP contribution in [0, 0.1) is 0 Å². The van der Waals surface area contributed by atoms with Crippen molar-refractivity contribution in [2.24, 2.45) is 0 Å². The molecule has 28 heavy (non-hydrogen) atoms. The number of nitrogens with zero attached hydrogens (tertiary/aromatic N) is 3. The fourth-order valence-electron chi connectivity index (χ4n) is 3.99. The van der Waals surface area contributed by atoms with Crippen LogP contribution < -0.4 is 10.9 Å². The first kappa shape index (κ1) is 20.5. The van der Waals surface area contributed by atoms with E-state index in [0.29, 0.717) is 24.4 Å². The van der Waals surface area contributed by atoms with Gasteiger partial charge in [0.25, 0.3) is 5.56 Å². The molecule has 7 heteroatoms. The molecule has 152 valence electrons. The van der Waals surface area contributed by atoms with Gasteiger partial charge in [-0.2, -0.15) is 0 Å². The second-order valence-corrected chi connectivity index (χ2v) is 7.40. The Morgan fingerprint density at radius 1 is 1.39 bits per heavy atom. The van der Waals surface area contributed by atoms with Crippen LogP contribution in [-0.2, 0) is 16.1 Å². The zero-order valence-electron chi connectivity index (χ0n) is 17.0. The second kappa shape index (κ2) is 9.30. The van der Waals surface area contributed by atoms with Crippen molar-refractivity contribution >= 4 is 16.9 Å². The highest BCUT2D eigenvalue weighted by Crippen LogP contribution is 2.25. The van der Waals surface area contributed by atoms with Crippen LogP contribution in [0.4, 0.5) is 0 Å². The number of ether oxygens (including phenoxy) is 1. The minimum absolute atomic E-state index is 0.0351. The van der Waals surface area contributed by atoms with Gasteiger partial charge in [0.2, 0.25) is 0 Å². The van der Waals surface area contributed by atoms with Crippen molar-refractivity contribution in [2.75, 3.05) is 26.7 Å². The zero-order valence-corrected chi connectivity index (χ0v) is 17.0. The number of hydrogen-bond acceptors (Lipinski definition) is 6. The van der Waals surface area contributed by atoms with Crippen molar-refractivity contribution in [3.63, 3.8) is 0 Å². The number of esters is 1. The van der Waals surface area contributed by atoms with Crippen molar-refractivity contribution in [2.45, 2.75) is 51.7 Å². The summed E-state index contributed by atoms with van der Waals surface area (Å²) in [6, 6.07) is 7.96. The molecule has 1 aromatic carbocycles. The first-order chi connectivity index (χ1) is 13.5. The molecule has 0 amide bonds. The van der Waals surface area contributed by atoms with Crippen LogP contribution in [0.25, 0.3) is 10.9 Å². The lowest BCUT2D eigenvalue weighted by molar-refractivity contribution is -0.140.